The topological polar surface area (TPSA) is 175 Å². The van der Waals surface area contributed by atoms with Gasteiger partial charge in [-0.2, -0.15) is 0 Å². The molecule has 1 amide bonds. The van der Waals surface area contributed by atoms with Gasteiger partial charge in [0, 0.05) is 12.8 Å². The highest BCUT2D eigenvalue weighted by Crippen LogP contribution is 2.23. The Morgan fingerprint density at radius 1 is 0.440 bits per heavy atom. The summed E-state index contributed by atoms with van der Waals surface area (Å²) in [7, 11) is 0. The molecule has 1 rings (SSSR count). The van der Waals surface area contributed by atoms with E-state index in [1.54, 1.807) is 6.08 Å². The summed E-state index contributed by atoms with van der Waals surface area (Å²) in [6, 6.07) is -0.812. The van der Waals surface area contributed by atoms with E-state index in [1.165, 1.54) is 225 Å². The molecule has 11 nitrogen and oxygen atoms in total. The van der Waals surface area contributed by atoms with Crippen LogP contribution in [0.25, 0.3) is 0 Å². The standard InChI is InChI=1S/C73H133NO10/c1-3-5-7-9-11-13-15-17-37-41-45-49-53-57-61-69(78)82-62-58-54-50-46-42-38-34-32-30-28-26-24-22-20-18-19-21-23-25-27-29-31-33-36-40-44-48-52-56-60-68(77)74-65(64-83-73-72(81)71(80)70(79)67(63-75)84-73)66(76)59-55-51-47-43-39-35-16-14-12-10-8-6-4-2/h9,11,15,17-18,20,24,26,55,59,65-67,70-73,75-76,79-81H,3-8,10,12-14,16,19,21-23,25,27-54,56-58,60-64H2,1-2H3,(H,74,77)/b11-9-,17-15-,20-18-,26-24-,59-55+. The Bertz CT molecular complexity index is 1580. The summed E-state index contributed by atoms with van der Waals surface area (Å²) in [6.45, 7) is 4.31. The second-order valence-electron chi connectivity index (χ2n) is 24.6. The van der Waals surface area contributed by atoms with E-state index < -0.39 is 49.5 Å². The summed E-state index contributed by atoms with van der Waals surface area (Å²) < 4.78 is 16.7. The summed E-state index contributed by atoms with van der Waals surface area (Å²) in [4.78, 5) is 25.1. The number of amides is 1. The Morgan fingerprint density at radius 3 is 1.24 bits per heavy atom. The maximum absolute atomic E-state index is 13.1. The Kier molecular flexibility index (Phi) is 58.6. The Labute approximate surface area is 516 Å². The molecule has 490 valence electrons. The number of hydrogen-bond donors (Lipinski definition) is 6. The van der Waals surface area contributed by atoms with Crippen molar-refractivity contribution < 1.29 is 49.3 Å². The average Bonchev–Trinajstić information content (AvgIpc) is 3.60. The van der Waals surface area contributed by atoms with E-state index in [2.05, 4.69) is 67.8 Å². The third kappa shape index (κ3) is 50.4. The number of nitrogens with one attached hydrogen (secondary N) is 1. The molecule has 0 aromatic heterocycles. The number of allylic oxidation sites excluding steroid dienone is 9. The van der Waals surface area contributed by atoms with Gasteiger partial charge in [-0.25, -0.2) is 0 Å². The Morgan fingerprint density at radius 2 is 0.810 bits per heavy atom. The van der Waals surface area contributed by atoms with Gasteiger partial charge in [-0.3, -0.25) is 9.59 Å². The fourth-order valence-corrected chi connectivity index (χ4v) is 11.0. The number of esters is 1. The van der Waals surface area contributed by atoms with Crippen LogP contribution in [0.15, 0.2) is 60.8 Å². The first kappa shape index (κ1) is 79.4. The molecule has 0 aromatic rings. The minimum Gasteiger partial charge on any atom is -0.466 e. The lowest BCUT2D eigenvalue weighted by molar-refractivity contribution is -0.302. The van der Waals surface area contributed by atoms with Crippen LogP contribution in [0.5, 0.6) is 0 Å². The molecule has 0 bridgehead atoms. The average molecular weight is 1180 g/mol. The normalized spacial score (nSPS) is 18.4. The monoisotopic (exact) mass is 1180 g/mol. The zero-order valence-corrected chi connectivity index (χ0v) is 54.4. The molecular formula is C73H133NO10. The van der Waals surface area contributed by atoms with E-state index in [0.29, 0.717) is 19.4 Å². The summed E-state index contributed by atoms with van der Waals surface area (Å²) in [6.07, 6.45) is 72.0. The van der Waals surface area contributed by atoms with E-state index in [9.17, 15) is 35.1 Å². The van der Waals surface area contributed by atoms with E-state index >= 15 is 0 Å². The van der Waals surface area contributed by atoms with Crippen molar-refractivity contribution in [2.24, 2.45) is 0 Å². The molecule has 1 saturated heterocycles. The SMILES string of the molecule is CCCC/C=C\C/C=C\CCCCCCCC(=O)OCCCCCCCCCCC/C=C\C/C=C\CCCCCCCCCCCCCCCC(=O)NC(COC1OC(CO)C(O)C(O)C1O)C(O)/C=C/CCCCCCCCCCCCC. The number of hydrogen-bond acceptors (Lipinski definition) is 10. The van der Waals surface area contributed by atoms with Crippen LogP contribution in [-0.4, -0.2) is 100 Å². The number of aliphatic hydroxyl groups is 5. The molecule has 6 N–H and O–H groups in total. The second kappa shape index (κ2) is 62.0. The van der Waals surface area contributed by atoms with Crippen molar-refractivity contribution >= 4 is 11.9 Å². The first-order chi connectivity index (χ1) is 41.2. The zero-order valence-electron chi connectivity index (χ0n) is 54.4. The third-order valence-corrected chi connectivity index (χ3v) is 16.6. The molecule has 11 heteroatoms. The minimum absolute atomic E-state index is 0.0116. The lowest BCUT2D eigenvalue weighted by Gasteiger charge is -2.40. The summed E-state index contributed by atoms with van der Waals surface area (Å²) >= 11 is 0. The van der Waals surface area contributed by atoms with Gasteiger partial charge >= 0.3 is 5.97 Å². The molecule has 0 saturated carbocycles. The highest BCUT2D eigenvalue weighted by atomic mass is 16.7. The molecule has 1 aliphatic rings. The summed E-state index contributed by atoms with van der Waals surface area (Å²) in [5.41, 5.74) is 0. The van der Waals surface area contributed by atoms with Crippen molar-refractivity contribution in [3.05, 3.63) is 60.8 Å². The zero-order chi connectivity index (χ0) is 60.9. The van der Waals surface area contributed by atoms with E-state index in [4.69, 9.17) is 14.2 Å². The molecule has 0 spiro atoms. The molecule has 7 unspecified atom stereocenters. The van der Waals surface area contributed by atoms with Crippen LogP contribution in [0.1, 0.15) is 328 Å². The maximum atomic E-state index is 13.1. The van der Waals surface area contributed by atoms with Gasteiger partial charge in [-0.05, 0) is 89.9 Å². The number of unbranched alkanes of at least 4 members (excludes halogenated alkanes) is 40. The first-order valence-electron chi connectivity index (χ1n) is 35.6. The lowest BCUT2D eigenvalue weighted by Crippen LogP contribution is -2.60. The van der Waals surface area contributed by atoms with Gasteiger partial charge in [0.25, 0.3) is 0 Å². The predicted molar refractivity (Wildman–Crippen MR) is 352 cm³/mol. The number of rotatable bonds is 62. The number of ether oxygens (including phenoxy) is 3. The fraction of sp³-hybridized carbons (Fsp3) is 0.836. The second-order valence-corrected chi connectivity index (χ2v) is 24.6. The number of carbonyl (C=O) groups is 2. The van der Waals surface area contributed by atoms with E-state index in [0.717, 1.165) is 77.0 Å². The van der Waals surface area contributed by atoms with Gasteiger partial charge in [0.05, 0.1) is 32.0 Å². The molecule has 7 atom stereocenters. The smallest absolute Gasteiger partial charge is 0.305 e. The summed E-state index contributed by atoms with van der Waals surface area (Å²) in [5, 5.41) is 54.5. The first-order valence-corrected chi connectivity index (χ1v) is 35.6. The van der Waals surface area contributed by atoms with Crippen LogP contribution in [0.3, 0.4) is 0 Å². The number of aliphatic hydroxyl groups excluding tert-OH is 5. The third-order valence-electron chi connectivity index (χ3n) is 16.6. The van der Waals surface area contributed by atoms with Gasteiger partial charge in [0.15, 0.2) is 6.29 Å². The van der Waals surface area contributed by atoms with Crippen LogP contribution >= 0.6 is 0 Å². The largest absolute Gasteiger partial charge is 0.466 e. The highest BCUT2D eigenvalue weighted by Gasteiger charge is 2.44. The van der Waals surface area contributed by atoms with Crippen molar-refractivity contribution in [1.29, 1.82) is 0 Å². The van der Waals surface area contributed by atoms with Crippen LogP contribution < -0.4 is 5.32 Å². The van der Waals surface area contributed by atoms with Gasteiger partial charge < -0.3 is 45.1 Å². The van der Waals surface area contributed by atoms with Crippen molar-refractivity contribution in [3.8, 4) is 0 Å². The number of carbonyl (C=O) groups excluding carboxylic acids is 2. The molecule has 0 aliphatic carbocycles. The Hall–Kier alpha value is -2.64. The molecule has 1 fully saturated rings. The van der Waals surface area contributed by atoms with Crippen molar-refractivity contribution in [3.63, 3.8) is 0 Å². The molecular weight excluding hydrogens is 1050 g/mol. The van der Waals surface area contributed by atoms with E-state index in [-0.39, 0.29) is 18.5 Å². The quantitative estimate of drug-likeness (QED) is 0.0195. The molecule has 0 aromatic carbocycles. The van der Waals surface area contributed by atoms with Gasteiger partial charge in [-0.1, -0.05) is 286 Å². The van der Waals surface area contributed by atoms with Crippen molar-refractivity contribution in [1.82, 2.24) is 5.32 Å². The van der Waals surface area contributed by atoms with Crippen LogP contribution in [-0.2, 0) is 23.8 Å². The Balaban J connectivity index is 1.99. The molecule has 0 radical (unpaired) electrons. The molecule has 1 aliphatic heterocycles. The van der Waals surface area contributed by atoms with Gasteiger partial charge in [0.1, 0.15) is 24.4 Å². The van der Waals surface area contributed by atoms with Gasteiger partial charge in [-0.15, -0.1) is 0 Å². The van der Waals surface area contributed by atoms with Crippen LogP contribution in [0, 0.1) is 0 Å². The lowest BCUT2D eigenvalue weighted by atomic mass is 9.99. The van der Waals surface area contributed by atoms with Crippen LogP contribution in [0.2, 0.25) is 0 Å². The maximum Gasteiger partial charge on any atom is 0.305 e. The van der Waals surface area contributed by atoms with Crippen molar-refractivity contribution in [2.45, 2.75) is 371 Å². The fourth-order valence-electron chi connectivity index (χ4n) is 11.0. The van der Waals surface area contributed by atoms with Crippen molar-refractivity contribution in [2.75, 3.05) is 19.8 Å². The summed E-state index contributed by atoms with van der Waals surface area (Å²) in [5.74, 6) is -0.194. The van der Waals surface area contributed by atoms with Gasteiger partial charge in [0.2, 0.25) is 5.91 Å². The minimum atomic E-state index is -1.57. The molecule has 1 heterocycles. The predicted octanol–water partition coefficient (Wildman–Crippen LogP) is 18.1. The molecule has 84 heavy (non-hydrogen) atoms. The van der Waals surface area contributed by atoms with E-state index in [1.807, 2.05) is 6.08 Å². The van der Waals surface area contributed by atoms with Crippen LogP contribution in [0.4, 0.5) is 0 Å². The highest BCUT2D eigenvalue weighted by molar-refractivity contribution is 5.76.